The third-order valence-corrected chi connectivity index (χ3v) is 3.15. The average molecular weight is 266 g/mol. The zero-order valence-corrected chi connectivity index (χ0v) is 10.9. The molecule has 0 spiro atoms. The van der Waals surface area contributed by atoms with Crippen molar-refractivity contribution in [3.8, 4) is 0 Å². The van der Waals surface area contributed by atoms with E-state index in [0.717, 1.165) is 22.1 Å². The Labute approximate surface area is 110 Å². The SMILES string of the molecule is CSc1cc(Nc2cccc(CCl)c2)ncn1. The van der Waals surface area contributed by atoms with Gasteiger partial charge in [-0.25, -0.2) is 9.97 Å². The fourth-order valence-corrected chi connectivity index (χ4v) is 1.95. The van der Waals surface area contributed by atoms with Crippen molar-refractivity contribution in [3.05, 3.63) is 42.2 Å². The highest BCUT2D eigenvalue weighted by Crippen LogP contribution is 2.19. The van der Waals surface area contributed by atoms with Crippen LogP contribution in [0.25, 0.3) is 0 Å². The van der Waals surface area contributed by atoms with Gasteiger partial charge in [0.25, 0.3) is 0 Å². The first kappa shape index (κ1) is 12.2. The Hall–Kier alpha value is -1.26. The van der Waals surface area contributed by atoms with Crippen LogP contribution in [0.5, 0.6) is 0 Å². The summed E-state index contributed by atoms with van der Waals surface area (Å²) in [4.78, 5) is 8.29. The topological polar surface area (TPSA) is 37.8 Å². The molecule has 0 unspecified atom stereocenters. The Bertz CT molecular complexity index is 459. The van der Waals surface area contributed by atoms with Crippen LogP contribution in [0.15, 0.2) is 41.7 Å². The van der Waals surface area contributed by atoms with Crippen LogP contribution < -0.4 is 5.32 Å². The van der Waals surface area contributed by atoms with Gasteiger partial charge in [-0.2, -0.15) is 0 Å². The molecule has 0 radical (unpaired) electrons. The predicted molar refractivity (Wildman–Crippen MR) is 73.1 cm³/mol. The van der Waals surface area contributed by atoms with Gasteiger partial charge >= 0.3 is 0 Å². The molecule has 88 valence electrons. The second-order valence-corrected chi connectivity index (χ2v) is 4.50. The summed E-state index contributed by atoms with van der Waals surface area (Å²) in [5.74, 6) is 1.30. The highest BCUT2D eigenvalue weighted by atomic mass is 35.5. The van der Waals surface area contributed by atoms with E-state index in [4.69, 9.17) is 11.6 Å². The van der Waals surface area contributed by atoms with E-state index in [1.165, 1.54) is 0 Å². The van der Waals surface area contributed by atoms with Crippen LogP contribution in [-0.4, -0.2) is 16.2 Å². The number of hydrogen-bond acceptors (Lipinski definition) is 4. The molecule has 0 amide bonds. The Morgan fingerprint density at radius 1 is 1.29 bits per heavy atom. The number of nitrogens with one attached hydrogen (secondary N) is 1. The monoisotopic (exact) mass is 265 g/mol. The van der Waals surface area contributed by atoms with Crippen molar-refractivity contribution in [2.75, 3.05) is 11.6 Å². The lowest BCUT2D eigenvalue weighted by molar-refractivity contribution is 1.05. The predicted octanol–water partition coefficient (Wildman–Crippen LogP) is 3.68. The van der Waals surface area contributed by atoms with Crippen molar-refractivity contribution < 1.29 is 0 Å². The Kier molecular flexibility index (Phi) is 4.23. The zero-order chi connectivity index (χ0) is 12.1. The minimum atomic E-state index is 0.509. The summed E-state index contributed by atoms with van der Waals surface area (Å²) in [7, 11) is 0. The van der Waals surface area contributed by atoms with Gasteiger partial charge in [-0.05, 0) is 24.0 Å². The van der Waals surface area contributed by atoms with Crippen molar-refractivity contribution in [1.29, 1.82) is 0 Å². The van der Waals surface area contributed by atoms with Gasteiger partial charge in [0.05, 0.1) is 0 Å². The van der Waals surface area contributed by atoms with Gasteiger partial charge in [0, 0.05) is 17.6 Å². The van der Waals surface area contributed by atoms with Gasteiger partial charge in [0.1, 0.15) is 17.2 Å². The lowest BCUT2D eigenvalue weighted by atomic mass is 10.2. The van der Waals surface area contributed by atoms with Crippen molar-refractivity contribution in [2.24, 2.45) is 0 Å². The highest BCUT2D eigenvalue weighted by Gasteiger charge is 1.99. The summed E-state index contributed by atoms with van der Waals surface area (Å²) < 4.78 is 0. The first-order valence-corrected chi connectivity index (χ1v) is 6.85. The summed E-state index contributed by atoms with van der Waals surface area (Å²) in [6, 6.07) is 9.87. The number of benzene rings is 1. The summed E-state index contributed by atoms with van der Waals surface area (Å²) in [6.45, 7) is 0. The van der Waals surface area contributed by atoms with Crippen LogP contribution in [0.4, 0.5) is 11.5 Å². The van der Waals surface area contributed by atoms with Crippen LogP contribution >= 0.6 is 23.4 Å². The molecule has 0 aliphatic heterocycles. The van der Waals surface area contributed by atoms with E-state index in [-0.39, 0.29) is 0 Å². The minimum absolute atomic E-state index is 0.509. The molecular formula is C12H12ClN3S. The van der Waals surface area contributed by atoms with Crippen LogP contribution in [0.1, 0.15) is 5.56 Å². The largest absolute Gasteiger partial charge is 0.340 e. The Morgan fingerprint density at radius 3 is 2.94 bits per heavy atom. The van der Waals surface area contributed by atoms with Crippen molar-refractivity contribution in [3.63, 3.8) is 0 Å². The molecule has 0 atom stereocenters. The van der Waals surface area contributed by atoms with Gasteiger partial charge in [-0.15, -0.1) is 23.4 Å². The van der Waals surface area contributed by atoms with Gasteiger partial charge < -0.3 is 5.32 Å². The van der Waals surface area contributed by atoms with Crippen molar-refractivity contribution in [2.45, 2.75) is 10.9 Å². The molecule has 2 aromatic rings. The van der Waals surface area contributed by atoms with Gasteiger partial charge in [-0.1, -0.05) is 12.1 Å². The van der Waals surface area contributed by atoms with Gasteiger partial charge in [-0.3, -0.25) is 0 Å². The number of alkyl halides is 1. The highest BCUT2D eigenvalue weighted by molar-refractivity contribution is 7.98. The molecule has 1 N–H and O–H groups in total. The number of aromatic nitrogens is 2. The fraction of sp³-hybridized carbons (Fsp3) is 0.167. The summed E-state index contributed by atoms with van der Waals surface area (Å²) in [5, 5.41) is 4.17. The minimum Gasteiger partial charge on any atom is -0.340 e. The van der Waals surface area contributed by atoms with Gasteiger partial charge in [0.15, 0.2) is 0 Å². The second kappa shape index (κ2) is 5.89. The maximum absolute atomic E-state index is 5.79. The van der Waals surface area contributed by atoms with E-state index < -0.39 is 0 Å². The van der Waals surface area contributed by atoms with Crippen LogP contribution in [0, 0.1) is 0 Å². The van der Waals surface area contributed by atoms with E-state index in [2.05, 4.69) is 15.3 Å². The molecule has 0 aliphatic carbocycles. The number of rotatable bonds is 4. The fourth-order valence-electron chi connectivity index (χ4n) is 1.40. The molecule has 17 heavy (non-hydrogen) atoms. The Balaban J connectivity index is 2.18. The van der Waals surface area contributed by atoms with Gasteiger partial charge in [0.2, 0.25) is 0 Å². The lowest BCUT2D eigenvalue weighted by Crippen LogP contribution is -1.95. The molecule has 0 saturated carbocycles. The third-order valence-electron chi connectivity index (χ3n) is 2.20. The zero-order valence-electron chi connectivity index (χ0n) is 9.35. The van der Waals surface area contributed by atoms with E-state index in [0.29, 0.717) is 5.88 Å². The molecule has 0 aliphatic rings. The molecule has 0 fully saturated rings. The molecule has 3 nitrogen and oxygen atoms in total. The standard InChI is InChI=1S/C12H12ClN3S/c1-17-12-6-11(14-8-15-12)16-10-4-2-3-9(5-10)7-13/h2-6,8H,7H2,1H3,(H,14,15,16). The first-order valence-electron chi connectivity index (χ1n) is 5.10. The molecule has 1 aromatic heterocycles. The van der Waals surface area contributed by atoms with E-state index in [1.54, 1.807) is 18.1 Å². The summed E-state index contributed by atoms with van der Waals surface area (Å²) in [5.41, 5.74) is 2.06. The molecule has 2 rings (SSSR count). The number of nitrogens with zero attached hydrogens (tertiary/aromatic N) is 2. The Morgan fingerprint density at radius 2 is 2.18 bits per heavy atom. The summed E-state index contributed by atoms with van der Waals surface area (Å²) >= 11 is 7.38. The molecule has 1 aromatic carbocycles. The maximum atomic E-state index is 5.79. The molecule has 0 bridgehead atoms. The number of halogens is 1. The van der Waals surface area contributed by atoms with E-state index in [1.807, 2.05) is 36.6 Å². The number of thioether (sulfide) groups is 1. The number of anilines is 2. The normalized spacial score (nSPS) is 10.2. The smallest absolute Gasteiger partial charge is 0.134 e. The molecule has 0 saturated heterocycles. The van der Waals surface area contributed by atoms with E-state index >= 15 is 0 Å². The quantitative estimate of drug-likeness (QED) is 0.520. The lowest BCUT2D eigenvalue weighted by Gasteiger charge is -2.07. The van der Waals surface area contributed by atoms with E-state index in [9.17, 15) is 0 Å². The van der Waals surface area contributed by atoms with Crippen LogP contribution in [0.3, 0.4) is 0 Å². The first-order chi connectivity index (χ1) is 8.31. The van der Waals surface area contributed by atoms with Crippen molar-refractivity contribution >= 4 is 34.9 Å². The van der Waals surface area contributed by atoms with Crippen LogP contribution in [-0.2, 0) is 5.88 Å². The van der Waals surface area contributed by atoms with Crippen molar-refractivity contribution in [1.82, 2.24) is 9.97 Å². The van der Waals surface area contributed by atoms with Crippen LogP contribution in [0.2, 0.25) is 0 Å². The average Bonchev–Trinajstić information content (AvgIpc) is 2.39. The molecule has 1 heterocycles. The third kappa shape index (κ3) is 3.35. The molecule has 5 heteroatoms. The maximum Gasteiger partial charge on any atom is 0.134 e. The second-order valence-electron chi connectivity index (χ2n) is 3.40. The number of hydrogen-bond donors (Lipinski definition) is 1. The molecular weight excluding hydrogens is 254 g/mol. The summed E-state index contributed by atoms with van der Waals surface area (Å²) in [6.07, 6.45) is 3.54.